The number of nitrogens with one attached hydrogen (secondary N) is 1. The van der Waals surface area contributed by atoms with Gasteiger partial charge in [0, 0.05) is 24.4 Å². The van der Waals surface area contributed by atoms with Gasteiger partial charge < -0.3 is 10.1 Å². The summed E-state index contributed by atoms with van der Waals surface area (Å²) in [7, 11) is 1.94. The van der Waals surface area contributed by atoms with Crippen LogP contribution < -0.4 is 10.1 Å². The van der Waals surface area contributed by atoms with Crippen LogP contribution in [0.15, 0.2) is 18.2 Å². The van der Waals surface area contributed by atoms with Crippen LogP contribution in [0.1, 0.15) is 38.7 Å². The number of halogens is 1. The maximum absolute atomic E-state index is 13.6. The van der Waals surface area contributed by atoms with Crippen LogP contribution in [0.4, 0.5) is 4.39 Å². The van der Waals surface area contributed by atoms with Crippen LogP contribution in [0.25, 0.3) is 0 Å². The molecule has 0 aliphatic heterocycles. The first-order valence-electron chi connectivity index (χ1n) is 7.64. The number of hydrogen-bond donors (Lipinski definition) is 1. The van der Waals surface area contributed by atoms with Crippen molar-refractivity contribution in [3.8, 4) is 5.75 Å². The van der Waals surface area contributed by atoms with Crippen molar-refractivity contribution in [2.45, 2.75) is 51.7 Å². The van der Waals surface area contributed by atoms with E-state index >= 15 is 0 Å². The minimum absolute atomic E-state index is 0.0303. The highest BCUT2D eigenvalue weighted by Gasteiger charge is 2.29. The molecule has 1 N–H and O–H groups in total. The molecule has 1 aromatic rings. The summed E-state index contributed by atoms with van der Waals surface area (Å²) in [5.74, 6) is 0.505. The van der Waals surface area contributed by atoms with Crippen LogP contribution in [-0.4, -0.2) is 25.0 Å². The average molecular weight is 293 g/mol. The summed E-state index contributed by atoms with van der Waals surface area (Å²) in [4.78, 5) is 11.7. The number of benzene rings is 1. The summed E-state index contributed by atoms with van der Waals surface area (Å²) in [6.07, 6.45) is 3.08. The molecule has 1 aliphatic rings. The molecule has 1 saturated carbocycles. The lowest BCUT2D eigenvalue weighted by Crippen LogP contribution is -2.45. The van der Waals surface area contributed by atoms with Gasteiger partial charge in [-0.05, 0) is 44.0 Å². The first-order chi connectivity index (χ1) is 9.97. The summed E-state index contributed by atoms with van der Waals surface area (Å²) >= 11 is 0. The van der Waals surface area contributed by atoms with Gasteiger partial charge in [-0.2, -0.15) is 0 Å². The standard InChI is InChI=1S/C17H24FNO2/c1-11(2)17(20)5-4-12-6-13(18)8-15(7-12)21-16-9-14(10-16)19-3/h6-8,11,14,16,19H,4-5,9-10H2,1-3H3/t14-,16-. The van der Waals surface area contributed by atoms with Gasteiger partial charge in [-0.15, -0.1) is 0 Å². The molecule has 0 atom stereocenters. The maximum Gasteiger partial charge on any atom is 0.135 e. The van der Waals surface area contributed by atoms with E-state index in [2.05, 4.69) is 5.32 Å². The van der Waals surface area contributed by atoms with Gasteiger partial charge in [0.25, 0.3) is 0 Å². The Balaban J connectivity index is 1.92. The van der Waals surface area contributed by atoms with E-state index in [1.54, 1.807) is 0 Å². The van der Waals surface area contributed by atoms with Gasteiger partial charge in [-0.1, -0.05) is 13.8 Å². The number of carbonyl (C=O) groups excluding carboxylic acids is 1. The maximum atomic E-state index is 13.6. The predicted molar refractivity (Wildman–Crippen MR) is 81.1 cm³/mol. The monoisotopic (exact) mass is 293 g/mol. The molecular formula is C17H24FNO2. The second kappa shape index (κ2) is 7.03. The average Bonchev–Trinajstić information content (AvgIpc) is 2.39. The molecule has 0 radical (unpaired) electrons. The van der Waals surface area contributed by atoms with Crippen LogP contribution in [0.5, 0.6) is 5.75 Å². The van der Waals surface area contributed by atoms with Crippen molar-refractivity contribution in [2.24, 2.45) is 5.92 Å². The summed E-state index contributed by atoms with van der Waals surface area (Å²) in [5, 5.41) is 3.19. The summed E-state index contributed by atoms with van der Waals surface area (Å²) in [6, 6.07) is 5.26. The Hall–Kier alpha value is -1.42. The zero-order valence-electron chi connectivity index (χ0n) is 13.0. The van der Waals surface area contributed by atoms with E-state index in [9.17, 15) is 9.18 Å². The molecule has 0 bridgehead atoms. The van der Waals surface area contributed by atoms with Gasteiger partial charge >= 0.3 is 0 Å². The molecule has 0 amide bonds. The van der Waals surface area contributed by atoms with Crippen LogP contribution >= 0.6 is 0 Å². The van der Waals surface area contributed by atoms with E-state index in [0.717, 1.165) is 18.4 Å². The van der Waals surface area contributed by atoms with Crippen LogP contribution in [0, 0.1) is 11.7 Å². The lowest BCUT2D eigenvalue weighted by Gasteiger charge is -2.35. The smallest absolute Gasteiger partial charge is 0.135 e. The molecule has 4 heteroatoms. The molecule has 1 fully saturated rings. The fraction of sp³-hybridized carbons (Fsp3) is 0.588. The van der Waals surface area contributed by atoms with E-state index in [1.807, 2.05) is 27.0 Å². The Labute approximate surface area is 125 Å². The molecule has 0 spiro atoms. The lowest BCUT2D eigenvalue weighted by atomic mass is 9.89. The first-order valence-corrected chi connectivity index (χ1v) is 7.64. The molecular weight excluding hydrogens is 269 g/mol. The van der Waals surface area contributed by atoms with Crippen molar-refractivity contribution >= 4 is 5.78 Å². The zero-order valence-corrected chi connectivity index (χ0v) is 13.0. The number of Topliss-reactive ketones (excluding diaryl/α,β-unsaturated/α-hetero) is 1. The summed E-state index contributed by atoms with van der Waals surface area (Å²) < 4.78 is 19.4. The SMILES string of the molecule is CN[C@H]1C[C@H](Oc2cc(F)cc(CCC(=O)C(C)C)c2)C1. The Morgan fingerprint density at radius 2 is 2.10 bits per heavy atom. The number of ketones is 1. The highest BCUT2D eigenvalue weighted by atomic mass is 19.1. The number of ether oxygens (including phenoxy) is 1. The molecule has 1 aromatic carbocycles. The minimum atomic E-state index is -0.302. The quantitative estimate of drug-likeness (QED) is 0.839. The molecule has 0 aromatic heterocycles. The normalized spacial score (nSPS) is 21.2. The van der Waals surface area contributed by atoms with E-state index in [0.29, 0.717) is 24.6 Å². The lowest BCUT2D eigenvalue weighted by molar-refractivity contribution is -0.121. The predicted octanol–water partition coefficient (Wildman–Crippen LogP) is 3.11. The van der Waals surface area contributed by atoms with Gasteiger partial charge in [0.05, 0.1) is 0 Å². The Morgan fingerprint density at radius 1 is 1.38 bits per heavy atom. The largest absolute Gasteiger partial charge is 0.490 e. The second-order valence-corrected chi connectivity index (χ2v) is 6.11. The highest BCUT2D eigenvalue weighted by molar-refractivity contribution is 5.80. The Bertz CT molecular complexity index is 496. The third-order valence-electron chi connectivity index (χ3n) is 4.04. The van der Waals surface area contributed by atoms with E-state index in [-0.39, 0.29) is 23.6 Å². The third kappa shape index (κ3) is 4.53. The van der Waals surface area contributed by atoms with Crippen LogP contribution in [0.3, 0.4) is 0 Å². The van der Waals surface area contributed by atoms with Crippen molar-refractivity contribution in [2.75, 3.05) is 7.05 Å². The molecule has 0 unspecified atom stereocenters. The minimum Gasteiger partial charge on any atom is -0.490 e. The summed E-state index contributed by atoms with van der Waals surface area (Å²) in [5.41, 5.74) is 0.823. The summed E-state index contributed by atoms with van der Waals surface area (Å²) in [6.45, 7) is 3.77. The third-order valence-corrected chi connectivity index (χ3v) is 4.04. The van der Waals surface area contributed by atoms with Gasteiger partial charge in [0.15, 0.2) is 0 Å². The van der Waals surface area contributed by atoms with Gasteiger partial charge in [0.1, 0.15) is 23.5 Å². The first kappa shape index (κ1) is 16.0. The van der Waals surface area contributed by atoms with Crippen LogP contribution in [0.2, 0.25) is 0 Å². The number of rotatable bonds is 7. The molecule has 0 heterocycles. The Morgan fingerprint density at radius 3 is 2.71 bits per heavy atom. The molecule has 3 nitrogen and oxygen atoms in total. The van der Waals surface area contributed by atoms with Gasteiger partial charge in [-0.3, -0.25) is 4.79 Å². The topological polar surface area (TPSA) is 38.3 Å². The second-order valence-electron chi connectivity index (χ2n) is 6.11. The highest BCUT2D eigenvalue weighted by Crippen LogP contribution is 2.27. The van der Waals surface area contributed by atoms with Crippen molar-refractivity contribution in [3.63, 3.8) is 0 Å². The fourth-order valence-electron chi connectivity index (χ4n) is 2.48. The van der Waals surface area contributed by atoms with E-state index in [4.69, 9.17) is 4.74 Å². The fourth-order valence-corrected chi connectivity index (χ4v) is 2.48. The molecule has 0 saturated heterocycles. The van der Waals surface area contributed by atoms with Crippen molar-refractivity contribution < 1.29 is 13.9 Å². The molecule has 1 aliphatic carbocycles. The van der Waals surface area contributed by atoms with Gasteiger partial charge in [0.2, 0.25) is 0 Å². The zero-order chi connectivity index (χ0) is 15.4. The number of aryl methyl sites for hydroxylation is 1. The van der Waals surface area contributed by atoms with E-state index < -0.39 is 0 Å². The van der Waals surface area contributed by atoms with Crippen LogP contribution in [-0.2, 0) is 11.2 Å². The van der Waals surface area contributed by atoms with Crippen molar-refractivity contribution in [1.82, 2.24) is 5.32 Å². The van der Waals surface area contributed by atoms with Gasteiger partial charge in [-0.25, -0.2) is 4.39 Å². The number of carbonyl (C=O) groups is 1. The molecule has 116 valence electrons. The Kier molecular flexibility index (Phi) is 5.34. The van der Waals surface area contributed by atoms with E-state index in [1.165, 1.54) is 12.1 Å². The van der Waals surface area contributed by atoms with Crippen molar-refractivity contribution in [3.05, 3.63) is 29.6 Å². The molecule has 21 heavy (non-hydrogen) atoms. The van der Waals surface area contributed by atoms with Crippen molar-refractivity contribution in [1.29, 1.82) is 0 Å². The molecule has 2 rings (SSSR count). The number of hydrogen-bond acceptors (Lipinski definition) is 3.